The van der Waals surface area contributed by atoms with Gasteiger partial charge in [0.15, 0.2) is 0 Å². The van der Waals surface area contributed by atoms with Crippen molar-refractivity contribution in [2.75, 3.05) is 26.3 Å². The molecule has 1 heterocycles. The highest BCUT2D eigenvalue weighted by Gasteiger charge is 2.33. The van der Waals surface area contributed by atoms with Gasteiger partial charge in [0, 0.05) is 24.5 Å². The van der Waals surface area contributed by atoms with Gasteiger partial charge >= 0.3 is 0 Å². The molecule has 84 valence electrons. The third-order valence-corrected chi connectivity index (χ3v) is 3.64. The second-order valence-corrected chi connectivity index (χ2v) is 5.43. The molecule has 0 N–H and O–H groups in total. The highest BCUT2D eigenvalue weighted by Crippen LogP contribution is 2.30. The molecule has 0 bridgehead atoms. The van der Waals surface area contributed by atoms with Gasteiger partial charge in [-0.05, 0) is 19.8 Å². The molecule has 0 aliphatic carbocycles. The number of hydrogen-bond acceptors (Lipinski definition) is 2. The average Bonchev–Trinajstić information content (AvgIpc) is 2.28. The van der Waals surface area contributed by atoms with E-state index in [0.29, 0.717) is 17.4 Å². The van der Waals surface area contributed by atoms with Crippen LogP contribution in [0.2, 0.25) is 0 Å². The lowest BCUT2D eigenvalue weighted by Crippen LogP contribution is -2.42. The zero-order valence-electron chi connectivity index (χ0n) is 10.3. The molecule has 1 saturated heterocycles. The summed E-state index contributed by atoms with van der Waals surface area (Å²) in [6.07, 6.45) is 0. The highest BCUT2D eigenvalue weighted by molar-refractivity contribution is 4.84. The minimum atomic E-state index is 0.320. The third-order valence-electron chi connectivity index (χ3n) is 3.64. The zero-order chi connectivity index (χ0) is 10.8. The molecule has 1 aliphatic heterocycles. The van der Waals surface area contributed by atoms with Crippen LogP contribution in [0.25, 0.3) is 0 Å². The fourth-order valence-electron chi connectivity index (χ4n) is 1.87. The van der Waals surface area contributed by atoms with Crippen molar-refractivity contribution >= 4 is 0 Å². The van der Waals surface area contributed by atoms with Gasteiger partial charge in [0.05, 0.1) is 13.2 Å². The molecular formula is C12H25NO. The maximum Gasteiger partial charge on any atom is 0.0593 e. The van der Waals surface area contributed by atoms with Gasteiger partial charge in [0.25, 0.3) is 0 Å². The molecule has 0 saturated carbocycles. The minimum absolute atomic E-state index is 0.320. The molecule has 1 unspecified atom stereocenters. The van der Waals surface area contributed by atoms with E-state index in [2.05, 4.69) is 39.5 Å². The summed E-state index contributed by atoms with van der Waals surface area (Å²) in [5.74, 6) is 0.682. The van der Waals surface area contributed by atoms with E-state index in [1.807, 2.05) is 0 Å². The Labute approximate surface area is 88.6 Å². The lowest BCUT2D eigenvalue weighted by Gasteiger charge is -2.37. The van der Waals surface area contributed by atoms with Crippen LogP contribution in [0.5, 0.6) is 0 Å². The van der Waals surface area contributed by atoms with Crippen LogP contribution < -0.4 is 0 Å². The maximum atomic E-state index is 5.71. The van der Waals surface area contributed by atoms with E-state index < -0.39 is 0 Å². The molecule has 1 rings (SSSR count). The van der Waals surface area contributed by atoms with E-state index >= 15 is 0 Å². The first kappa shape index (κ1) is 12.0. The lowest BCUT2D eigenvalue weighted by atomic mass is 9.79. The van der Waals surface area contributed by atoms with Gasteiger partial charge < -0.3 is 4.74 Å². The van der Waals surface area contributed by atoms with Crippen LogP contribution in [0.15, 0.2) is 0 Å². The predicted octanol–water partition coefficient (Wildman–Crippen LogP) is 2.39. The van der Waals surface area contributed by atoms with Gasteiger partial charge in [-0.2, -0.15) is 0 Å². The van der Waals surface area contributed by atoms with Crippen molar-refractivity contribution in [3.05, 3.63) is 0 Å². The quantitative estimate of drug-likeness (QED) is 0.677. The maximum absolute atomic E-state index is 5.71. The first-order chi connectivity index (χ1) is 6.46. The summed E-state index contributed by atoms with van der Waals surface area (Å²) in [5, 5.41) is 0. The van der Waals surface area contributed by atoms with Crippen LogP contribution in [0, 0.1) is 11.3 Å². The molecule has 0 aromatic carbocycles. The normalized spacial score (nSPS) is 31.1. The first-order valence-electron chi connectivity index (χ1n) is 5.77. The Morgan fingerprint density at radius 2 is 1.86 bits per heavy atom. The summed E-state index contributed by atoms with van der Waals surface area (Å²) in [7, 11) is 0. The Morgan fingerprint density at radius 3 is 2.36 bits per heavy atom. The minimum Gasteiger partial charge on any atom is -0.379 e. The first-order valence-corrected chi connectivity index (χ1v) is 5.77. The molecule has 1 fully saturated rings. The number of ether oxygens (including phenoxy) is 1. The summed E-state index contributed by atoms with van der Waals surface area (Å²) >= 11 is 0. The van der Waals surface area contributed by atoms with Gasteiger partial charge in [-0.15, -0.1) is 0 Å². The largest absolute Gasteiger partial charge is 0.379 e. The summed E-state index contributed by atoms with van der Waals surface area (Å²) in [6, 6.07) is 0.634. The van der Waals surface area contributed by atoms with E-state index in [0.717, 1.165) is 19.8 Å². The van der Waals surface area contributed by atoms with Gasteiger partial charge in [0.1, 0.15) is 0 Å². The molecule has 0 spiro atoms. The fraction of sp³-hybridized carbons (Fsp3) is 1.00. The van der Waals surface area contributed by atoms with Crippen molar-refractivity contribution in [3.8, 4) is 0 Å². The van der Waals surface area contributed by atoms with Crippen LogP contribution in [-0.4, -0.2) is 37.2 Å². The Kier molecular flexibility index (Phi) is 3.96. The predicted molar refractivity (Wildman–Crippen MR) is 60.5 cm³/mol. The summed E-state index contributed by atoms with van der Waals surface area (Å²) in [6.45, 7) is 15.5. The van der Waals surface area contributed by atoms with E-state index in [1.54, 1.807) is 0 Å². The number of rotatable bonds is 2. The molecule has 0 amide bonds. The molecule has 2 heteroatoms. The summed E-state index contributed by atoms with van der Waals surface area (Å²) in [4.78, 5) is 2.53. The Balaban J connectivity index is 2.68. The summed E-state index contributed by atoms with van der Waals surface area (Å²) in [5.41, 5.74) is 0.320. The molecule has 2 nitrogen and oxygen atoms in total. The second-order valence-electron chi connectivity index (χ2n) is 5.43. The van der Waals surface area contributed by atoms with Crippen molar-refractivity contribution < 1.29 is 4.74 Å². The Morgan fingerprint density at radius 1 is 1.21 bits per heavy atom. The summed E-state index contributed by atoms with van der Waals surface area (Å²) < 4.78 is 5.71. The Hall–Kier alpha value is -0.0800. The molecule has 1 atom stereocenters. The standard InChI is InChI=1S/C12H25NO/c1-10(2)12(5)8-13(11(3)4)6-7-14-9-12/h10-11H,6-9H2,1-5H3. The number of nitrogens with zero attached hydrogens (tertiary/aromatic N) is 1. The lowest BCUT2D eigenvalue weighted by molar-refractivity contribution is 0.0460. The van der Waals surface area contributed by atoms with Crippen LogP contribution in [0.4, 0.5) is 0 Å². The van der Waals surface area contributed by atoms with E-state index in [1.165, 1.54) is 6.54 Å². The molecule has 0 radical (unpaired) electrons. The third kappa shape index (κ3) is 2.71. The van der Waals surface area contributed by atoms with Crippen LogP contribution in [-0.2, 0) is 4.74 Å². The van der Waals surface area contributed by atoms with E-state index in [9.17, 15) is 0 Å². The Bertz CT molecular complexity index is 179. The van der Waals surface area contributed by atoms with Gasteiger partial charge in [-0.3, -0.25) is 4.90 Å². The van der Waals surface area contributed by atoms with Crippen LogP contribution in [0.1, 0.15) is 34.6 Å². The van der Waals surface area contributed by atoms with E-state index in [4.69, 9.17) is 4.74 Å². The molecule has 0 aromatic heterocycles. The SMILES string of the molecule is CC(C)N1CCOCC(C)(C(C)C)C1. The van der Waals surface area contributed by atoms with Crippen LogP contribution >= 0.6 is 0 Å². The smallest absolute Gasteiger partial charge is 0.0593 e. The molecule has 1 aliphatic rings. The number of hydrogen-bond donors (Lipinski definition) is 0. The van der Waals surface area contributed by atoms with Gasteiger partial charge in [0.2, 0.25) is 0 Å². The fourth-order valence-corrected chi connectivity index (χ4v) is 1.87. The van der Waals surface area contributed by atoms with Crippen molar-refractivity contribution in [1.29, 1.82) is 0 Å². The average molecular weight is 199 g/mol. The van der Waals surface area contributed by atoms with Gasteiger partial charge in [-0.25, -0.2) is 0 Å². The molecule has 14 heavy (non-hydrogen) atoms. The second kappa shape index (κ2) is 4.63. The van der Waals surface area contributed by atoms with E-state index in [-0.39, 0.29) is 0 Å². The highest BCUT2D eigenvalue weighted by atomic mass is 16.5. The molecule has 0 aromatic rings. The van der Waals surface area contributed by atoms with Crippen molar-refractivity contribution in [2.45, 2.75) is 40.7 Å². The van der Waals surface area contributed by atoms with Crippen LogP contribution in [0.3, 0.4) is 0 Å². The van der Waals surface area contributed by atoms with Crippen molar-refractivity contribution in [3.63, 3.8) is 0 Å². The van der Waals surface area contributed by atoms with Crippen molar-refractivity contribution in [1.82, 2.24) is 4.90 Å². The molecular weight excluding hydrogens is 174 g/mol. The topological polar surface area (TPSA) is 12.5 Å². The monoisotopic (exact) mass is 199 g/mol. The zero-order valence-corrected chi connectivity index (χ0v) is 10.3. The van der Waals surface area contributed by atoms with Crippen molar-refractivity contribution in [2.24, 2.45) is 11.3 Å². The van der Waals surface area contributed by atoms with Gasteiger partial charge in [-0.1, -0.05) is 20.8 Å².